The molecule has 1 aliphatic rings. The molecule has 1 fully saturated rings. The average molecular weight is 379 g/mol. The topological polar surface area (TPSA) is 71.5 Å². The van der Waals surface area contributed by atoms with Crippen LogP contribution in [0.2, 0.25) is 0 Å². The van der Waals surface area contributed by atoms with Crippen molar-refractivity contribution in [3.8, 4) is 0 Å². The van der Waals surface area contributed by atoms with Crippen LogP contribution in [0.3, 0.4) is 0 Å². The Morgan fingerprint density at radius 2 is 1.93 bits per heavy atom. The summed E-state index contributed by atoms with van der Waals surface area (Å²) in [6.45, 7) is 3.59. The van der Waals surface area contributed by atoms with Gasteiger partial charge in [-0.05, 0) is 55.7 Å². The largest absolute Gasteiger partial charge is 0.463 e. The summed E-state index contributed by atoms with van der Waals surface area (Å²) in [4.78, 5) is 30.2. The first kappa shape index (κ1) is 19.6. The van der Waals surface area contributed by atoms with Gasteiger partial charge < -0.3 is 15.0 Å². The third kappa shape index (κ3) is 5.42. The Bertz CT molecular complexity index is 811. The highest BCUT2D eigenvalue weighted by atomic mass is 16.5. The maximum atomic E-state index is 12.5. The van der Waals surface area contributed by atoms with Crippen molar-refractivity contribution in [3.63, 3.8) is 0 Å². The molecule has 0 atom stereocenters. The van der Waals surface area contributed by atoms with Crippen molar-refractivity contribution in [1.82, 2.24) is 9.88 Å². The highest BCUT2D eigenvalue weighted by molar-refractivity contribution is 5.94. The van der Waals surface area contributed by atoms with Gasteiger partial charge in [0.15, 0.2) is 0 Å². The minimum absolute atomic E-state index is 0.0925. The van der Waals surface area contributed by atoms with Gasteiger partial charge in [-0.25, -0.2) is 9.78 Å². The van der Waals surface area contributed by atoms with Crippen LogP contribution < -0.4 is 5.32 Å². The summed E-state index contributed by atoms with van der Waals surface area (Å²) in [5.41, 5.74) is 1.57. The molecule has 0 radical (unpaired) electrons. The fourth-order valence-corrected chi connectivity index (χ4v) is 3.14. The number of nitrogens with one attached hydrogen (secondary N) is 1. The molecule has 3 rings (SSSR count). The Hall–Kier alpha value is -3.15. The van der Waals surface area contributed by atoms with Crippen LogP contribution in [-0.4, -0.2) is 47.5 Å². The van der Waals surface area contributed by atoms with Crippen LogP contribution in [0.15, 0.2) is 54.7 Å². The number of hydrogen-bond acceptors (Lipinski definition) is 5. The van der Waals surface area contributed by atoms with Gasteiger partial charge in [-0.2, -0.15) is 0 Å². The van der Waals surface area contributed by atoms with Gasteiger partial charge in [0.25, 0.3) is 5.91 Å². The van der Waals surface area contributed by atoms with Crippen molar-refractivity contribution in [3.05, 3.63) is 65.9 Å². The number of anilines is 1. The maximum absolute atomic E-state index is 12.5. The molecule has 6 heteroatoms. The van der Waals surface area contributed by atoms with Gasteiger partial charge in [0.1, 0.15) is 5.82 Å². The van der Waals surface area contributed by atoms with E-state index in [0.29, 0.717) is 6.61 Å². The van der Waals surface area contributed by atoms with Crippen molar-refractivity contribution in [2.45, 2.75) is 25.8 Å². The predicted octanol–water partition coefficient (Wildman–Crippen LogP) is 3.37. The monoisotopic (exact) mass is 379 g/mol. The number of piperidine rings is 1. The molecule has 0 saturated carbocycles. The lowest BCUT2D eigenvalue weighted by molar-refractivity contribution is -0.137. The van der Waals surface area contributed by atoms with Crippen molar-refractivity contribution in [2.24, 2.45) is 0 Å². The smallest absolute Gasteiger partial charge is 0.330 e. The maximum Gasteiger partial charge on any atom is 0.330 e. The number of aromatic nitrogens is 1. The van der Waals surface area contributed by atoms with E-state index < -0.39 is 0 Å². The van der Waals surface area contributed by atoms with Gasteiger partial charge in [-0.1, -0.05) is 18.2 Å². The Morgan fingerprint density at radius 1 is 1.18 bits per heavy atom. The fourth-order valence-electron chi connectivity index (χ4n) is 3.14. The van der Waals surface area contributed by atoms with E-state index in [4.69, 9.17) is 4.74 Å². The van der Waals surface area contributed by atoms with Crippen LogP contribution in [0.5, 0.6) is 0 Å². The quantitative estimate of drug-likeness (QED) is 0.615. The minimum Gasteiger partial charge on any atom is -0.463 e. The lowest BCUT2D eigenvalue weighted by Crippen LogP contribution is -2.42. The minimum atomic E-state index is -0.360. The lowest BCUT2D eigenvalue weighted by atomic mass is 10.0. The highest BCUT2D eigenvalue weighted by Gasteiger charge is 2.23. The van der Waals surface area contributed by atoms with Crippen molar-refractivity contribution >= 4 is 23.8 Å². The standard InChI is InChI=1S/C22H25N3O3/c1-2-28-21(26)11-9-17-8-10-20(23-16-17)24-19-12-14-25(15-13-19)22(27)18-6-4-3-5-7-18/h3-11,16,19H,2,12-15H2,1H3,(H,23,24)/b11-9+. The second-order valence-electron chi connectivity index (χ2n) is 6.64. The molecular formula is C22H25N3O3. The number of amides is 1. The summed E-state index contributed by atoms with van der Waals surface area (Å²) in [7, 11) is 0. The molecule has 6 nitrogen and oxygen atoms in total. The zero-order chi connectivity index (χ0) is 19.8. The summed E-state index contributed by atoms with van der Waals surface area (Å²) in [5, 5.41) is 3.43. The number of benzene rings is 1. The van der Waals surface area contributed by atoms with E-state index in [1.165, 1.54) is 6.08 Å². The van der Waals surface area contributed by atoms with Crippen molar-refractivity contribution < 1.29 is 14.3 Å². The molecular weight excluding hydrogens is 354 g/mol. The molecule has 0 spiro atoms. The summed E-state index contributed by atoms with van der Waals surface area (Å²) in [6, 6.07) is 13.5. The predicted molar refractivity (Wildman–Crippen MR) is 109 cm³/mol. The third-order valence-electron chi connectivity index (χ3n) is 4.64. The zero-order valence-electron chi connectivity index (χ0n) is 16.0. The number of pyridine rings is 1. The van der Waals surface area contributed by atoms with Gasteiger partial charge in [-0.15, -0.1) is 0 Å². The van der Waals surface area contributed by atoms with Gasteiger partial charge >= 0.3 is 5.97 Å². The Kier molecular flexibility index (Phi) is 6.78. The van der Waals surface area contributed by atoms with E-state index in [9.17, 15) is 9.59 Å². The molecule has 28 heavy (non-hydrogen) atoms. The number of likely N-dealkylation sites (tertiary alicyclic amines) is 1. The van der Waals surface area contributed by atoms with Crippen LogP contribution in [-0.2, 0) is 9.53 Å². The van der Waals surface area contributed by atoms with Crippen molar-refractivity contribution in [2.75, 3.05) is 25.0 Å². The first-order valence-electron chi connectivity index (χ1n) is 9.57. The molecule has 0 bridgehead atoms. The second-order valence-corrected chi connectivity index (χ2v) is 6.64. The van der Waals surface area contributed by atoms with Gasteiger partial charge in [0, 0.05) is 37.0 Å². The number of nitrogens with zero attached hydrogens (tertiary/aromatic N) is 2. The summed E-state index contributed by atoms with van der Waals surface area (Å²) in [5.74, 6) is 0.526. The lowest BCUT2D eigenvalue weighted by Gasteiger charge is -2.32. The second kappa shape index (κ2) is 9.69. The molecule has 1 aromatic heterocycles. The van der Waals surface area contributed by atoms with E-state index >= 15 is 0 Å². The Labute approximate surface area is 165 Å². The Morgan fingerprint density at radius 3 is 2.57 bits per heavy atom. The molecule has 0 unspecified atom stereocenters. The number of rotatable bonds is 6. The number of ether oxygens (including phenoxy) is 1. The van der Waals surface area contributed by atoms with Crippen LogP contribution in [0, 0.1) is 0 Å². The number of hydrogen-bond donors (Lipinski definition) is 1. The first-order chi connectivity index (χ1) is 13.7. The van der Waals surface area contributed by atoms with E-state index in [0.717, 1.165) is 42.9 Å². The van der Waals surface area contributed by atoms with Gasteiger partial charge in [0.05, 0.1) is 6.61 Å². The van der Waals surface area contributed by atoms with Crippen molar-refractivity contribution in [1.29, 1.82) is 0 Å². The molecule has 2 aromatic rings. The summed E-state index contributed by atoms with van der Waals surface area (Å²) in [6.07, 6.45) is 6.55. The molecule has 2 heterocycles. The van der Waals surface area contributed by atoms with Gasteiger partial charge in [0.2, 0.25) is 0 Å². The fraction of sp³-hybridized carbons (Fsp3) is 0.318. The molecule has 1 aliphatic heterocycles. The van der Waals surface area contributed by atoms with E-state index in [1.807, 2.05) is 47.4 Å². The van der Waals surface area contributed by atoms with E-state index in [1.54, 1.807) is 19.2 Å². The number of esters is 1. The van der Waals surface area contributed by atoms with Crippen LogP contribution in [0.1, 0.15) is 35.7 Å². The summed E-state index contributed by atoms with van der Waals surface area (Å²) >= 11 is 0. The molecule has 1 aromatic carbocycles. The SMILES string of the molecule is CCOC(=O)/C=C/c1ccc(NC2CCN(C(=O)c3ccccc3)CC2)nc1. The van der Waals surface area contributed by atoms with Gasteiger partial charge in [-0.3, -0.25) is 4.79 Å². The first-order valence-corrected chi connectivity index (χ1v) is 9.57. The molecule has 1 saturated heterocycles. The zero-order valence-corrected chi connectivity index (χ0v) is 16.0. The highest BCUT2D eigenvalue weighted by Crippen LogP contribution is 2.17. The molecule has 0 aliphatic carbocycles. The molecule has 1 amide bonds. The number of carbonyl (C=O) groups excluding carboxylic acids is 2. The van der Waals surface area contributed by atoms with E-state index in [2.05, 4.69) is 10.3 Å². The van der Waals surface area contributed by atoms with Crippen LogP contribution in [0.25, 0.3) is 6.08 Å². The third-order valence-corrected chi connectivity index (χ3v) is 4.64. The van der Waals surface area contributed by atoms with Crippen LogP contribution in [0.4, 0.5) is 5.82 Å². The molecule has 1 N–H and O–H groups in total. The normalized spacial score (nSPS) is 14.8. The average Bonchev–Trinajstić information content (AvgIpc) is 2.74. The summed E-state index contributed by atoms with van der Waals surface area (Å²) < 4.78 is 4.86. The van der Waals surface area contributed by atoms with E-state index in [-0.39, 0.29) is 17.9 Å². The Balaban J connectivity index is 1.48. The number of carbonyl (C=O) groups is 2. The van der Waals surface area contributed by atoms with Crippen LogP contribution >= 0.6 is 0 Å². The molecule has 146 valence electrons.